The zero-order valence-electron chi connectivity index (χ0n) is 7.16. The van der Waals surface area contributed by atoms with Crippen LogP contribution < -0.4 is 0 Å². The third kappa shape index (κ3) is 1.87. The maximum atomic E-state index is 11.1. The molecule has 0 spiro atoms. The van der Waals surface area contributed by atoms with Gasteiger partial charge in [-0.15, -0.1) is 0 Å². The molecule has 0 aromatic heterocycles. The summed E-state index contributed by atoms with van der Waals surface area (Å²) in [6, 6.07) is 0. The molecular weight excluding hydrogens is 176 g/mol. The van der Waals surface area contributed by atoms with Crippen molar-refractivity contribution in [3.8, 4) is 0 Å². The summed E-state index contributed by atoms with van der Waals surface area (Å²) in [5, 5.41) is 8.55. The summed E-state index contributed by atoms with van der Waals surface area (Å²) in [7, 11) is -2.95. The molecule has 0 unspecified atom stereocenters. The van der Waals surface area contributed by atoms with Gasteiger partial charge in [0.25, 0.3) is 0 Å². The van der Waals surface area contributed by atoms with Crippen molar-refractivity contribution in [1.29, 1.82) is 0 Å². The molecule has 1 N–H and O–H groups in total. The first kappa shape index (κ1) is 9.74. The van der Waals surface area contributed by atoms with Gasteiger partial charge in [-0.3, -0.25) is 0 Å². The van der Waals surface area contributed by atoms with Gasteiger partial charge in [0.2, 0.25) is 0 Å². The first-order valence-corrected chi connectivity index (χ1v) is 5.88. The van der Waals surface area contributed by atoms with Crippen LogP contribution in [0, 0.1) is 5.92 Å². The van der Waals surface area contributed by atoms with Gasteiger partial charge < -0.3 is 5.11 Å². The number of aliphatic hydroxyl groups excluding tert-OH is 1. The molecule has 4 heteroatoms. The maximum Gasteiger partial charge on any atom is 0.150 e. The second-order valence-corrected chi connectivity index (χ2v) is 5.75. The molecule has 0 aliphatic heterocycles. The van der Waals surface area contributed by atoms with E-state index in [1.807, 2.05) is 0 Å². The van der Waals surface area contributed by atoms with Crippen LogP contribution in [-0.2, 0) is 9.84 Å². The fourth-order valence-corrected chi connectivity index (χ4v) is 2.65. The van der Waals surface area contributed by atoms with E-state index in [4.69, 9.17) is 5.11 Å². The molecule has 1 aliphatic rings. The molecule has 0 aromatic rings. The Morgan fingerprint density at radius 1 is 1.67 bits per heavy atom. The Morgan fingerprint density at radius 3 is 2.50 bits per heavy atom. The van der Waals surface area contributed by atoms with Crippen LogP contribution in [0.5, 0.6) is 0 Å². The monoisotopic (exact) mass is 190 g/mol. The van der Waals surface area contributed by atoms with Crippen molar-refractivity contribution < 1.29 is 13.5 Å². The molecule has 1 fully saturated rings. The summed E-state index contributed by atoms with van der Waals surface area (Å²) >= 11 is 0. The van der Waals surface area contributed by atoms with Gasteiger partial charge in [0.1, 0.15) is 0 Å². The van der Waals surface area contributed by atoms with Gasteiger partial charge in [-0.25, -0.2) is 8.42 Å². The number of aliphatic hydroxyl groups is 1. The van der Waals surface area contributed by atoms with E-state index in [9.17, 15) is 8.42 Å². The minimum absolute atomic E-state index is 0.00951. The second kappa shape index (κ2) is 3.18. The Hall–Kier alpha value is -0.350. The summed E-state index contributed by atoms with van der Waals surface area (Å²) < 4.78 is 22.2. The SMILES string of the molecule is C=C1C[C@@H](S(C)(=O)=O)C[C@@H]1CO. The maximum absolute atomic E-state index is 11.1. The van der Waals surface area contributed by atoms with E-state index in [1.165, 1.54) is 6.26 Å². The number of rotatable bonds is 2. The minimum Gasteiger partial charge on any atom is -0.396 e. The van der Waals surface area contributed by atoms with Crippen molar-refractivity contribution in [2.75, 3.05) is 12.9 Å². The van der Waals surface area contributed by atoms with Crippen molar-refractivity contribution >= 4 is 9.84 Å². The van der Waals surface area contributed by atoms with Crippen LogP contribution in [0.15, 0.2) is 12.2 Å². The van der Waals surface area contributed by atoms with Gasteiger partial charge in [-0.05, 0) is 12.8 Å². The van der Waals surface area contributed by atoms with Crippen LogP contribution >= 0.6 is 0 Å². The lowest BCUT2D eigenvalue weighted by Crippen LogP contribution is -2.16. The van der Waals surface area contributed by atoms with Crippen molar-refractivity contribution in [1.82, 2.24) is 0 Å². The Bertz CT molecular complexity index is 279. The molecule has 70 valence electrons. The fraction of sp³-hybridized carbons (Fsp3) is 0.750. The first-order chi connectivity index (χ1) is 5.45. The molecule has 0 amide bonds. The van der Waals surface area contributed by atoms with Gasteiger partial charge in [0, 0.05) is 18.8 Å². The lowest BCUT2D eigenvalue weighted by molar-refractivity contribution is 0.249. The van der Waals surface area contributed by atoms with E-state index in [-0.39, 0.29) is 17.8 Å². The summed E-state index contributed by atoms with van der Waals surface area (Å²) in [5.41, 5.74) is 0.868. The van der Waals surface area contributed by atoms with Crippen LogP contribution in [0.25, 0.3) is 0 Å². The zero-order chi connectivity index (χ0) is 9.35. The lowest BCUT2D eigenvalue weighted by atomic mass is 10.1. The predicted octanol–water partition coefficient (Wildman–Crippen LogP) is 0.358. The molecule has 1 saturated carbocycles. The molecule has 2 atom stereocenters. The van der Waals surface area contributed by atoms with Crippen molar-refractivity contribution in [2.24, 2.45) is 5.92 Å². The molecule has 0 radical (unpaired) electrons. The fourth-order valence-electron chi connectivity index (χ4n) is 1.56. The quantitative estimate of drug-likeness (QED) is 0.640. The molecular formula is C8H14O3S. The van der Waals surface area contributed by atoms with Crippen molar-refractivity contribution in [3.63, 3.8) is 0 Å². The van der Waals surface area contributed by atoms with E-state index >= 15 is 0 Å². The Labute approximate surface area is 73.0 Å². The van der Waals surface area contributed by atoms with Gasteiger partial charge in [0.15, 0.2) is 9.84 Å². The topological polar surface area (TPSA) is 54.4 Å². The van der Waals surface area contributed by atoms with Crippen LogP contribution in [0.4, 0.5) is 0 Å². The average Bonchev–Trinajstić information content (AvgIpc) is 2.29. The first-order valence-electron chi connectivity index (χ1n) is 3.92. The lowest BCUT2D eigenvalue weighted by Gasteiger charge is -2.06. The Balaban J connectivity index is 2.73. The van der Waals surface area contributed by atoms with Gasteiger partial charge >= 0.3 is 0 Å². The van der Waals surface area contributed by atoms with Gasteiger partial charge in [-0.2, -0.15) is 0 Å². The Morgan fingerprint density at radius 2 is 2.25 bits per heavy atom. The van der Waals surface area contributed by atoms with Crippen LogP contribution in [0.2, 0.25) is 0 Å². The number of hydrogen-bond donors (Lipinski definition) is 1. The highest BCUT2D eigenvalue weighted by atomic mass is 32.2. The third-order valence-electron chi connectivity index (χ3n) is 2.44. The highest BCUT2D eigenvalue weighted by Gasteiger charge is 2.33. The van der Waals surface area contributed by atoms with E-state index in [0.29, 0.717) is 12.8 Å². The molecule has 1 rings (SSSR count). The minimum atomic E-state index is -2.95. The zero-order valence-corrected chi connectivity index (χ0v) is 7.97. The highest BCUT2D eigenvalue weighted by Crippen LogP contribution is 2.33. The largest absolute Gasteiger partial charge is 0.396 e. The van der Waals surface area contributed by atoms with Gasteiger partial charge in [-0.1, -0.05) is 12.2 Å². The summed E-state index contributed by atoms with van der Waals surface area (Å²) in [4.78, 5) is 0. The molecule has 1 aliphatic carbocycles. The molecule has 0 bridgehead atoms. The Kier molecular flexibility index (Phi) is 2.58. The highest BCUT2D eigenvalue weighted by molar-refractivity contribution is 7.91. The van der Waals surface area contributed by atoms with E-state index in [2.05, 4.69) is 6.58 Å². The van der Waals surface area contributed by atoms with Crippen molar-refractivity contribution in [3.05, 3.63) is 12.2 Å². The van der Waals surface area contributed by atoms with Crippen LogP contribution in [-0.4, -0.2) is 31.6 Å². The van der Waals surface area contributed by atoms with E-state index in [0.717, 1.165) is 5.57 Å². The standard InChI is InChI=1S/C8H14O3S/c1-6-3-8(12(2,10)11)4-7(6)5-9/h7-9H,1,3-5H2,2H3/t7-,8-/m1/s1. The summed E-state index contributed by atoms with van der Waals surface area (Å²) in [6.07, 6.45) is 2.29. The van der Waals surface area contributed by atoms with Crippen LogP contribution in [0.1, 0.15) is 12.8 Å². The van der Waals surface area contributed by atoms with E-state index in [1.54, 1.807) is 0 Å². The molecule has 0 saturated heterocycles. The average molecular weight is 190 g/mol. The molecule has 0 heterocycles. The smallest absolute Gasteiger partial charge is 0.150 e. The summed E-state index contributed by atoms with van der Waals surface area (Å²) in [5.74, 6) is -0.00951. The second-order valence-electron chi connectivity index (χ2n) is 3.43. The normalized spacial score (nSPS) is 31.0. The van der Waals surface area contributed by atoms with Crippen LogP contribution in [0.3, 0.4) is 0 Å². The molecule has 3 nitrogen and oxygen atoms in total. The number of sulfone groups is 1. The summed E-state index contributed by atoms with van der Waals surface area (Å²) in [6.45, 7) is 3.76. The van der Waals surface area contributed by atoms with Gasteiger partial charge in [0.05, 0.1) is 5.25 Å². The van der Waals surface area contributed by atoms with Crippen molar-refractivity contribution in [2.45, 2.75) is 18.1 Å². The molecule has 12 heavy (non-hydrogen) atoms. The van der Waals surface area contributed by atoms with E-state index < -0.39 is 9.84 Å². The molecule has 0 aromatic carbocycles. The predicted molar refractivity (Wildman–Crippen MR) is 47.6 cm³/mol. The third-order valence-corrected chi connectivity index (χ3v) is 4.01. The number of hydrogen-bond acceptors (Lipinski definition) is 3.